The van der Waals surface area contributed by atoms with Crippen LogP contribution in [0.2, 0.25) is 0 Å². The summed E-state index contributed by atoms with van der Waals surface area (Å²) in [6, 6.07) is 8.28. The number of ether oxygens (including phenoxy) is 1. The summed E-state index contributed by atoms with van der Waals surface area (Å²) < 4.78 is 5.29. The number of benzene rings is 1. The van der Waals surface area contributed by atoms with Crippen molar-refractivity contribution in [1.29, 1.82) is 0 Å². The summed E-state index contributed by atoms with van der Waals surface area (Å²) in [5.74, 6) is 1.47. The van der Waals surface area contributed by atoms with Crippen LogP contribution in [0.15, 0.2) is 24.3 Å². The lowest BCUT2D eigenvalue weighted by Gasteiger charge is -2.44. The van der Waals surface area contributed by atoms with Gasteiger partial charge in [-0.3, -0.25) is 0 Å². The highest BCUT2D eigenvalue weighted by Gasteiger charge is 2.34. The van der Waals surface area contributed by atoms with Gasteiger partial charge in [-0.15, -0.1) is 0 Å². The van der Waals surface area contributed by atoms with Gasteiger partial charge in [0.15, 0.2) is 0 Å². The van der Waals surface area contributed by atoms with E-state index in [0.29, 0.717) is 11.3 Å². The van der Waals surface area contributed by atoms with Crippen molar-refractivity contribution in [3.8, 4) is 5.75 Å². The van der Waals surface area contributed by atoms with Crippen molar-refractivity contribution in [3.63, 3.8) is 0 Å². The van der Waals surface area contributed by atoms with E-state index in [-0.39, 0.29) is 0 Å². The Morgan fingerprint density at radius 1 is 1.44 bits per heavy atom. The number of hydrogen-bond acceptors (Lipinski definition) is 3. The lowest BCUT2D eigenvalue weighted by molar-refractivity contribution is 0.177. The molecule has 1 heterocycles. The molecule has 0 bridgehead atoms. The first-order valence-corrected chi connectivity index (χ1v) is 6.66. The van der Waals surface area contributed by atoms with Gasteiger partial charge >= 0.3 is 0 Å². The molecular weight excluding hydrogens is 224 g/mol. The van der Waals surface area contributed by atoms with Crippen molar-refractivity contribution in [2.24, 2.45) is 17.1 Å². The van der Waals surface area contributed by atoms with E-state index >= 15 is 0 Å². The number of nitrogens with two attached hydrogens (primary N) is 1. The summed E-state index contributed by atoms with van der Waals surface area (Å²) in [5, 5.41) is 0. The molecule has 1 aliphatic rings. The van der Waals surface area contributed by atoms with E-state index in [0.717, 1.165) is 25.4 Å². The zero-order chi connectivity index (χ0) is 13.2. The number of piperidine rings is 1. The summed E-state index contributed by atoms with van der Waals surface area (Å²) in [4.78, 5) is 2.42. The van der Waals surface area contributed by atoms with Crippen molar-refractivity contribution in [3.05, 3.63) is 24.3 Å². The Bertz CT molecular complexity index is 403. The fourth-order valence-corrected chi connectivity index (χ4v) is 2.67. The number of nitrogens with zero attached hydrogens (tertiary/aromatic N) is 1. The standard InChI is InChI=1S/C15H24N2O/c1-15(2)7-8-17(11-12(15)10-16)13-5-4-6-14(9-13)18-3/h4-6,9,12H,7-8,10-11,16H2,1-3H3. The average molecular weight is 248 g/mol. The van der Waals surface area contributed by atoms with Gasteiger partial charge in [-0.1, -0.05) is 19.9 Å². The first-order valence-electron chi connectivity index (χ1n) is 6.66. The summed E-state index contributed by atoms with van der Waals surface area (Å²) >= 11 is 0. The summed E-state index contributed by atoms with van der Waals surface area (Å²) in [7, 11) is 1.71. The second kappa shape index (κ2) is 5.19. The van der Waals surface area contributed by atoms with Gasteiger partial charge in [-0.25, -0.2) is 0 Å². The molecule has 0 radical (unpaired) electrons. The van der Waals surface area contributed by atoms with Crippen LogP contribution < -0.4 is 15.4 Å². The number of methoxy groups -OCH3 is 1. The van der Waals surface area contributed by atoms with Gasteiger partial charge in [-0.2, -0.15) is 0 Å². The second-order valence-corrected chi connectivity index (χ2v) is 5.82. The van der Waals surface area contributed by atoms with Crippen molar-refractivity contribution < 1.29 is 4.74 Å². The lowest BCUT2D eigenvalue weighted by Crippen LogP contribution is -2.47. The normalized spacial score (nSPS) is 22.9. The van der Waals surface area contributed by atoms with Crippen LogP contribution in [-0.4, -0.2) is 26.7 Å². The molecule has 2 rings (SSSR count). The summed E-state index contributed by atoms with van der Waals surface area (Å²) in [6.45, 7) is 7.54. The predicted molar refractivity (Wildman–Crippen MR) is 76.1 cm³/mol. The zero-order valence-corrected chi connectivity index (χ0v) is 11.6. The van der Waals surface area contributed by atoms with Crippen LogP contribution in [0.1, 0.15) is 20.3 Å². The van der Waals surface area contributed by atoms with Crippen molar-refractivity contribution >= 4 is 5.69 Å². The largest absolute Gasteiger partial charge is 0.497 e. The molecule has 3 nitrogen and oxygen atoms in total. The molecule has 1 aromatic rings. The summed E-state index contributed by atoms with van der Waals surface area (Å²) in [5.41, 5.74) is 7.51. The maximum atomic E-state index is 5.92. The van der Waals surface area contributed by atoms with Gasteiger partial charge in [0, 0.05) is 24.8 Å². The Morgan fingerprint density at radius 3 is 2.89 bits per heavy atom. The van der Waals surface area contributed by atoms with Crippen LogP contribution in [0.4, 0.5) is 5.69 Å². The zero-order valence-electron chi connectivity index (χ0n) is 11.6. The molecule has 100 valence electrons. The molecular formula is C15H24N2O. The van der Waals surface area contributed by atoms with Crippen molar-refractivity contribution in [2.45, 2.75) is 20.3 Å². The molecule has 3 heteroatoms. The minimum Gasteiger partial charge on any atom is -0.497 e. The molecule has 1 fully saturated rings. The molecule has 1 aromatic carbocycles. The van der Waals surface area contributed by atoms with E-state index in [1.165, 1.54) is 12.1 Å². The minimum absolute atomic E-state index is 0.351. The third kappa shape index (κ3) is 2.61. The van der Waals surface area contributed by atoms with Crippen LogP contribution in [0.5, 0.6) is 5.75 Å². The van der Waals surface area contributed by atoms with Crippen LogP contribution in [0, 0.1) is 11.3 Å². The highest BCUT2D eigenvalue weighted by Crippen LogP contribution is 2.37. The van der Waals surface area contributed by atoms with Gasteiger partial charge in [0.25, 0.3) is 0 Å². The van der Waals surface area contributed by atoms with E-state index < -0.39 is 0 Å². The fraction of sp³-hybridized carbons (Fsp3) is 0.600. The van der Waals surface area contributed by atoms with E-state index in [9.17, 15) is 0 Å². The Morgan fingerprint density at radius 2 is 2.22 bits per heavy atom. The molecule has 0 aliphatic carbocycles. The van der Waals surface area contributed by atoms with Gasteiger partial charge in [-0.05, 0) is 36.4 Å². The number of rotatable bonds is 3. The fourth-order valence-electron chi connectivity index (χ4n) is 2.67. The molecule has 1 aliphatic heterocycles. The quantitative estimate of drug-likeness (QED) is 0.893. The van der Waals surface area contributed by atoms with E-state index in [1.807, 2.05) is 12.1 Å². The minimum atomic E-state index is 0.351. The van der Waals surface area contributed by atoms with E-state index in [1.54, 1.807) is 7.11 Å². The second-order valence-electron chi connectivity index (χ2n) is 5.82. The molecule has 1 atom stereocenters. The van der Waals surface area contributed by atoms with Crippen molar-refractivity contribution in [2.75, 3.05) is 31.6 Å². The topological polar surface area (TPSA) is 38.5 Å². The van der Waals surface area contributed by atoms with Crippen molar-refractivity contribution in [1.82, 2.24) is 0 Å². The molecule has 2 N–H and O–H groups in total. The van der Waals surface area contributed by atoms with E-state index in [2.05, 4.69) is 30.9 Å². The monoisotopic (exact) mass is 248 g/mol. The third-order valence-corrected chi connectivity index (χ3v) is 4.27. The Balaban J connectivity index is 2.15. The van der Waals surface area contributed by atoms with E-state index in [4.69, 9.17) is 10.5 Å². The average Bonchev–Trinajstić information content (AvgIpc) is 2.38. The molecule has 0 aromatic heterocycles. The van der Waals surface area contributed by atoms with Gasteiger partial charge in [0.1, 0.15) is 5.75 Å². The number of hydrogen-bond donors (Lipinski definition) is 1. The van der Waals surface area contributed by atoms with Crippen LogP contribution in [0.25, 0.3) is 0 Å². The highest BCUT2D eigenvalue weighted by molar-refractivity contribution is 5.51. The maximum absolute atomic E-state index is 5.92. The molecule has 18 heavy (non-hydrogen) atoms. The number of anilines is 1. The first-order chi connectivity index (χ1) is 8.56. The van der Waals surface area contributed by atoms with Gasteiger partial charge < -0.3 is 15.4 Å². The first kappa shape index (κ1) is 13.2. The predicted octanol–water partition coefficient (Wildman–Crippen LogP) is 2.51. The van der Waals surface area contributed by atoms with Crippen LogP contribution >= 0.6 is 0 Å². The SMILES string of the molecule is COc1cccc(N2CCC(C)(C)C(CN)C2)c1. The maximum Gasteiger partial charge on any atom is 0.120 e. The highest BCUT2D eigenvalue weighted by atomic mass is 16.5. The molecule has 1 unspecified atom stereocenters. The van der Waals surface area contributed by atoms with Crippen LogP contribution in [-0.2, 0) is 0 Å². The smallest absolute Gasteiger partial charge is 0.120 e. The summed E-state index contributed by atoms with van der Waals surface area (Å²) in [6.07, 6.45) is 1.19. The lowest BCUT2D eigenvalue weighted by atomic mass is 9.73. The molecule has 0 amide bonds. The Kier molecular flexibility index (Phi) is 3.81. The van der Waals surface area contributed by atoms with Gasteiger partial charge in [0.05, 0.1) is 7.11 Å². The van der Waals surface area contributed by atoms with Gasteiger partial charge in [0.2, 0.25) is 0 Å². The third-order valence-electron chi connectivity index (χ3n) is 4.27. The Labute approximate surface area is 110 Å². The molecule has 1 saturated heterocycles. The Hall–Kier alpha value is -1.22. The van der Waals surface area contributed by atoms with Crippen LogP contribution in [0.3, 0.4) is 0 Å². The molecule has 0 spiro atoms. The molecule has 0 saturated carbocycles.